The third kappa shape index (κ3) is 4.48. The van der Waals surface area contributed by atoms with Crippen LogP contribution >= 0.6 is 0 Å². The highest BCUT2D eigenvalue weighted by molar-refractivity contribution is 5.96. The Morgan fingerprint density at radius 1 is 0.923 bits per heavy atom. The van der Waals surface area contributed by atoms with E-state index in [-0.39, 0.29) is 11.8 Å². The molecule has 2 aliphatic rings. The first-order valence-corrected chi connectivity index (χ1v) is 9.57. The molecule has 0 unspecified atom stereocenters. The first-order chi connectivity index (χ1) is 12.7. The van der Waals surface area contributed by atoms with Gasteiger partial charge in [0.25, 0.3) is 0 Å². The molecule has 140 valence electrons. The zero-order valence-electron chi connectivity index (χ0n) is 15.7. The largest absolute Gasteiger partial charge is 0.497 e. The summed E-state index contributed by atoms with van der Waals surface area (Å²) in [6.07, 6.45) is 15.6. The lowest BCUT2D eigenvalue weighted by molar-refractivity contribution is -0.117. The molecule has 4 heteroatoms. The Hall–Kier alpha value is -2.23. The van der Waals surface area contributed by atoms with Crippen molar-refractivity contribution in [2.75, 3.05) is 19.5 Å². The van der Waals surface area contributed by atoms with Crippen molar-refractivity contribution in [2.45, 2.75) is 38.5 Å². The standard InChI is InChI=1S/C22H29NO3/c1-25-16-13-14-20(26-2)19(15-16)23-22(24)21-17-11-9-7-5-3-4-6-8-10-12-18(17)21/h5-8,13-15,17-18,21H,3-4,9-12H2,1-2H3,(H,23,24)/b7-5+,8-6+/t17-,18-/m0/s1. The number of fused-ring (bicyclic) bond motifs is 1. The minimum absolute atomic E-state index is 0.105. The molecule has 26 heavy (non-hydrogen) atoms. The van der Waals surface area contributed by atoms with Gasteiger partial charge in [-0.05, 0) is 62.5 Å². The number of benzene rings is 1. The summed E-state index contributed by atoms with van der Waals surface area (Å²) in [5.41, 5.74) is 0.680. The van der Waals surface area contributed by atoms with Crippen LogP contribution in [0.3, 0.4) is 0 Å². The Balaban J connectivity index is 1.68. The second kappa shape index (κ2) is 8.93. The maximum Gasteiger partial charge on any atom is 0.228 e. The predicted molar refractivity (Wildman–Crippen MR) is 105 cm³/mol. The molecule has 1 saturated carbocycles. The van der Waals surface area contributed by atoms with Gasteiger partial charge in [-0.1, -0.05) is 24.3 Å². The molecule has 1 aromatic carbocycles. The minimum atomic E-state index is 0.105. The van der Waals surface area contributed by atoms with E-state index in [0.29, 0.717) is 29.0 Å². The highest BCUT2D eigenvalue weighted by atomic mass is 16.5. The summed E-state index contributed by atoms with van der Waals surface area (Å²) in [4.78, 5) is 12.9. The van der Waals surface area contributed by atoms with Crippen molar-refractivity contribution in [3.8, 4) is 11.5 Å². The first-order valence-electron chi connectivity index (χ1n) is 9.57. The molecule has 1 amide bonds. The van der Waals surface area contributed by atoms with E-state index in [1.54, 1.807) is 14.2 Å². The van der Waals surface area contributed by atoms with E-state index < -0.39 is 0 Å². The van der Waals surface area contributed by atoms with Crippen molar-refractivity contribution >= 4 is 11.6 Å². The molecule has 0 spiro atoms. The van der Waals surface area contributed by atoms with Crippen LogP contribution in [-0.4, -0.2) is 20.1 Å². The van der Waals surface area contributed by atoms with Gasteiger partial charge in [0, 0.05) is 12.0 Å². The van der Waals surface area contributed by atoms with E-state index in [1.165, 1.54) is 0 Å². The normalized spacial score (nSPS) is 27.8. The Morgan fingerprint density at radius 3 is 2.12 bits per heavy atom. The minimum Gasteiger partial charge on any atom is -0.497 e. The molecule has 0 bridgehead atoms. The average Bonchev–Trinajstić information content (AvgIpc) is 3.34. The highest BCUT2D eigenvalue weighted by Crippen LogP contribution is 2.53. The summed E-state index contributed by atoms with van der Waals surface area (Å²) in [5, 5.41) is 3.07. The summed E-state index contributed by atoms with van der Waals surface area (Å²) in [6.45, 7) is 0. The van der Waals surface area contributed by atoms with E-state index in [0.717, 1.165) is 38.5 Å². The molecule has 1 N–H and O–H groups in total. The third-order valence-corrected chi connectivity index (χ3v) is 5.47. The number of methoxy groups -OCH3 is 2. The second-order valence-corrected chi connectivity index (χ2v) is 7.08. The van der Waals surface area contributed by atoms with Crippen LogP contribution in [-0.2, 0) is 4.79 Å². The summed E-state index contributed by atoms with van der Waals surface area (Å²) < 4.78 is 10.6. The monoisotopic (exact) mass is 355 g/mol. The molecular formula is C22H29NO3. The summed E-state index contributed by atoms with van der Waals surface area (Å²) >= 11 is 0. The molecule has 2 atom stereocenters. The van der Waals surface area contributed by atoms with Crippen LogP contribution in [0.25, 0.3) is 0 Å². The van der Waals surface area contributed by atoms with Crippen LogP contribution in [0.5, 0.6) is 11.5 Å². The summed E-state index contributed by atoms with van der Waals surface area (Å²) in [5.74, 6) is 2.55. The van der Waals surface area contributed by atoms with E-state index in [2.05, 4.69) is 29.6 Å². The van der Waals surface area contributed by atoms with Gasteiger partial charge < -0.3 is 14.8 Å². The van der Waals surface area contributed by atoms with E-state index in [1.807, 2.05) is 18.2 Å². The molecule has 0 saturated heterocycles. The van der Waals surface area contributed by atoms with Gasteiger partial charge in [-0.2, -0.15) is 0 Å². The number of hydrogen-bond acceptors (Lipinski definition) is 3. The SMILES string of the molecule is COc1ccc(OC)c(NC(=O)C2[C@H]3CC/C=C/CC/C=C/CC[C@H]23)c1. The number of nitrogens with one attached hydrogen (secondary N) is 1. The number of carbonyl (C=O) groups excluding carboxylic acids is 1. The van der Waals surface area contributed by atoms with Crippen LogP contribution < -0.4 is 14.8 Å². The fourth-order valence-electron chi connectivity index (χ4n) is 3.99. The number of anilines is 1. The lowest BCUT2D eigenvalue weighted by Crippen LogP contribution is -2.16. The molecule has 0 aliphatic heterocycles. The lowest BCUT2D eigenvalue weighted by Gasteiger charge is -2.12. The smallest absolute Gasteiger partial charge is 0.228 e. The van der Waals surface area contributed by atoms with Crippen LogP contribution in [0.4, 0.5) is 5.69 Å². The predicted octanol–water partition coefficient (Wildman–Crippen LogP) is 4.97. The van der Waals surface area contributed by atoms with Gasteiger partial charge in [-0.3, -0.25) is 4.79 Å². The molecule has 1 fully saturated rings. The number of hydrogen-bond donors (Lipinski definition) is 1. The molecule has 3 rings (SSSR count). The fourth-order valence-corrected chi connectivity index (χ4v) is 3.99. The lowest BCUT2D eigenvalue weighted by atomic mass is 10.1. The Kier molecular flexibility index (Phi) is 6.37. The Labute approximate surface area is 156 Å². The zero-order chi connectivity index (χ0) is 18.4. The maximum atomic E-state index is 12.9. The van der Waals surface area contributed by atoms with Crippen LogP contribution in [0.1, 0.15) is 38.5 Å². The van der Waals surface area contributed by atoms with E-state index in [4.69, 9.17) is 9.47 Å². The van der Waals surface area contributed by atoms with Crippen molar-refractivity contribution in [3.05, 3.63) is 42.5 Å². The van der Waals surface area contributed by atoms with Crippen LogP contribution in [0, 0.1) is 17.8 Å². The van der Waals surface area contributed by atoms with Crippen molar-refractivity contribution in [2.24, 2.45) is 17.8 Å². The number of rotatable bonds is 4. The van der Waals surface area contributed by atoms with Gasteiger partial charge in [0.15, 0.2) is 0 Å². The van der Waals surface area contributed by atoms with Gasteiger partial charge in [0.2, 0.25) is 5.91 Å². The maximum absolute atomic E-state index is 12.9. The highest BCUT2D eigenvalue weighted by Gasteiger charge is 2.52. The zero-order valence-corrected chi connectivity index (χ0v) is 15.7. The molecule has 0 radical (unpaired) electrons. The molecule has 0 heterocycles. The molecular weight excluding hydrogens is 326 g/mol. The van der Waals surface area contributed by atoms with Crippen molar-refractivity contribution in [1.29, 1.82) is 0 Å². The van der Waals surface area contributed by atoms with E-state index >= 15 is 0 Å². The van der Waals surface area contributed by atoms with Gasteiger partial charge in [0.05, 0.1) is 19.9 Å². The molecule has 0 aromatic heterocycles. The van der Waals surface area contributed by atoms with Crippen LogP contribution in [0.15, 0.2) is 42.5 Å². The Morgan fingerprint density at radius 2 is 1.54 bits per heavy atom. The third-order valence-electron chi connectivity index (χ3n) is 5.47. The number of ether oxygens (including phenoxy) is 2. The Bertz CT molecular complexity index is 656. The topological polar surface area (TPSA) is 47.6 Å². The summed E-state index contributed by atoms with van der Waals surface area (Å²) in [6, 6.07) is 5.47. The summed E-state index contributed by atoms with van der Waals surface area (Å²) in [7, 11) is 3.23. The number of carbonyl (C=O) groups is 1. The molecule has 2 aliphatic carbocycles. The number of allylic oxidation sites excluding steroid dienone is 4. The van der Waals surface area contributed by atoms with E-state index in [9.17, 15) is 4.79 Å². The van der Waals surface area contributed by atoms with Crippen molar-refractivity contribution in [3.63, 3.8) is 0 Å². The fraction of sp³-hybridized carbons (Fsp3) is 0.500. The van der Waals surface area contributed by atoms with Gasteiger partial charge >= 0.3 is 0 Å². The molecule has 4 nitrogen and oxygen atoms in total. The second-order valence-electron chi connectivity index (χ2n) is 7.08. The quantitative estimate of drug-likeness (QED) is 0.776. The van der Waals surface area contributed by atoms with Crippen molar-refractivity contribution in [1.82, 2.24) is 0 Å². The first kappa shape index (κ1) is 18.6. The van der Waals surface area contributed by atoms with Gasteiger partial charge in [-0.25, -0.2) is 0 Å². The average molecular weight is 355 g/mol. The molecule has 1 aromatic rings. The van der Waals surface area contributed by atoms with Crippen LogP contribution in [0.2, 0.25) is 0 Å². The van der Waals surface area contributed by atoms with Crippen molar-refractivity contribution < 1.29 is 14.3 Å². The van der Waals surface area contributed by atoms with Gasteiger partial charge in [0.1, 0.15) is 11.5 Å². The number of amides is 1. The van der Waals surface area contributed by atoms with Gasteiger partial charge in [-0.15, -0.1) is 0 Å².